The second kappa shape index (κ2) is 11.3. The molecule has 9 heteroatoms. The van der Waals surface area contributed by atoms with Crippen LogP contribution in [0.1, 0.15) is 36.2 Å². The van der Waals surface area contributed by atoms with E-state index in [1.54, 1.807) is 24.3 Å². The number of nitrogens with one attached hydrogen (secondary N) is 1. The lowest BCUT2D eigenvalue weighted by molar-refractivity contribution is 0.0947. The average molecular weight is 547 g/mol. The van der Waals surface area contributed by atoms with Crippen LogP contribution in [-0.4, -0.2) is 31.7 Å². The zero-order valence-electron chi connectivity index (χ0n) is 20.1. The third kappa shape index (κ3) is 6.29. The predicted octanol–water partition coefficient (Wildman–Crippen LogP) is 6.23. The molecule has 1 fully saturated rings. The monoisotopic (exact) mass is 546 g/mol. The molecule has 0 radical (unpaired) electrons. The Balaban J connectivity index is 1.67. The van der Waals surface area contributed by atoms with Crippen LogP contribution in [-0.2, 0) is 16.6 Å². The lowest BCUT2D eigenvalue weighted by atomic mass is 9.94. The highest BCUT2D eigenvalue weighted by atomic mass is 35.5. The highest BCUT2D eigenvalue weighted by molar-refractivity contribution is 7.99. The number of benzene rings is 3. The SMILES string of the molecule is C[C@@H]1C[C@@H](C)CN(S(=O)(=O)c2ccc(Sc3ccc(F)cc3)c(C(=O)NCc3ccccc3Cl)c2)C1. The van der Waals surface area contributed by atoms with Crippen LogP contribution in [0, 0.1) is 17.7 Å². The van der Waals surface area contributed by atoms with Gasteiger partial charge in [0.1, 0.15) is 5.82 Å². The van der Waals surface area contributed by atoms with Crippen LogP contribution in [0.3, 0.4) is 0 Å². The van der Waals surface area contributed by atoms with E-state index >= 15 is 0 Å². The van der Waals surface area contributed by atoms with Crippen LogP contribution in [0.25, 0.3) is 0 Å². The van der Waals surface area contributed by atoms with Gasteiger partial charge in [0.05, 0.1) is 10.5 Å². The fraction of sp³-hybridized carbons (Fsp3) is 0.296. The number of hydrogen-bond acceptors (Lipinski definition) is 4. The van der Waals surface area contributed by atoms with Gasteiger partial charge in [0.25, 0.3) is 5.91 Å². The first-order chi connectivity index (χ1) is 17.1. The van der Waals surface area contributed by atoms with E-state index in [1.807, 2.05) is 32.0 Å². The van der Waals surface area contributed by atoms with Crippen LogP contribution in [0.2, 0.25) is 5.02 Å². The van der Waals surface area contributed by atoms with Gasteiger partial charge in [-0.2, -0.15) is 4.31 Å². The van der Waals surface area contributed by atoms with E-state index in [9.17, 15) is 17.6 Å². The summed E-state index contributed by atoms with van der Waals surface area (Å²) in [6.07, 6.45) is 0.981. The van der Waals surface area contributed by atoms with E-state index in [1.165, 1.54) is 40.3 Å². The van der Waals surface area contributed by atoms with E-state index in [0.717, 1.165) is 16.9 Å². The van der Waals surface area contributed by atoms with Crippen molar-refractivity contribution in [1.82, 2.24) is 9.62 Å². The summed E-state index contributed by atoms with van der Waals surface area (Å²) in [5.74, 6) is -0.258. The van der Waals surface area contributed by atoms with Crippen molar-refractivity contribution in [2.45, 2.75) is 41.5 Å². The van der Waals surface area contributed by atoms with E-state index in [4.69, 9.17) is 11.6 Å². The Kier molecular flexibility index (Phi) is 8.40. The Labute approximate surface area is 221 Å². The molecule has 1 heterocycles. The van der Waals surface area contributed by atoms with Gasteiger partial charge < -0.3 is 5.32 Å². The number of sulfonamides is 1. The number of halogens is 2. The maximum atomic E-state index is 13.5. The van der Waals surface area contributed by atoms with Crippen molar-refractivity contribution in [3.63, 3.8) is 0 Å². The van der Waals surface area contributed by atoms with Crippen molar-refractivity contribution in [2.24, 2.45) is 11.8 Å². The van der Waals surface area contributed by atoms with E-state index in [0.29, 0.717) is 23.0 Å². The number of nitrogens with zero attached hydrogens (tertiary/aromatic N) is 1. The molecule has 0 bridgehead atoms. The Hall–Kier alpha value is -2.39. The molecule has 1 N–H and O–H groups in total. The summed E-state index contributed by atoms with van der Waals surface area (Å²) in [5, 5.41) is 3.39. The highest BCUT2D eigenvalue weighted by Crippen LogP contribution is 2.34. The molecule has 4 rings (SSSR count). The van der Waals surface area contributed by atoms with Gasteiger partial charge in [-0.1, -0.05) is 55.4 Å². The summed E-state index contributed by atoms with van der Waals surface area (Å²) >= 11 is 7.50. The maximum Gasteiger partial charge on any atom is 0.252 e. The van der Waals surface area contributed by atoms with Crippen LogP contribution in [0.5, 0.6) is 0 Å². The Morgan fingerprint density at radius 1 is 1.06 bits per heavy atom. The number of hydrogen-bond donors (Lipinski definition) is 1. The molecule has 5 nitrogen and oxygen atoms in total. The first kappa shape index (κ1) is 26.7. The Bertz CT molecular complexity index is 1340. The molecule has 3 aromatic rings. The predicted molar refractivity (Wildman–Crippen MR) is 141 cm³/mol. The van der Waals surface area contributed by atoms with Gasteiger partial charge in [0, 0.05) is 34.4 Å². The third-order valence-corrected chi connectivity index (χ3v) is 9.39. The molecule has 190 valence electrons. The molecule has 3 aromatic carbocycles. The van der Waals surface area contributed by atoms with Crippen molar-refractivity contribution >= 4 is 39.3 Å². The van der Waals surface area contributed by atoms with Crippen molar-refractivity contribution < 1.29 is 17.6 Å². The summed E-state index contributed by atoms with van der Waals surface area (Å²) in [6.45, 7) is 5.19. The molecule has 0 spiro atoms. The lowest BCUT2D eigenvalue weighted by Crippen LogP contribution is -2.42. The molecule has 0 saturated carbocycles. The zero-order valence-corrected chi connectivity index (χ0v) is 22.5. The summed E-state index contributed by atoms with van der Waals surface area (Å²) in [5.41, 5.74) is 0.982. The minimum absolute atomic E-state index is 0.0788. The lowest BCUT2D eigenvalue weighted by Gasteiger charge is -2.34. The van der Waals surface area contributed by atoms with Crippen LogP contribution >= 0.6 is 23.4 Å². The molecule has 0 aromatic heterocycles. The summed E-state index contributed by atoms with van der Waals surface area (Å²) in [6, 6.07) is 17.7. The van der Waals surface area contributed by atoms with Crippen molar-refractivity contribution in [3.05, 3.63) is 88.7 Å². The van der Waals surface area contributed by atoms with Gasteiger partial charge in [-0.15, -0.1) is 0 Å². The molecule has 1 aliphatic heterocycles. The quantitative estimate of drug-likeness (QED) is 0.381. The first-order valence-corrected chi connectivity index (χ1v) is 14.4. The molecule has 1 amide bonds. The minimum atomic E-state index is -3.78. The molecule has 2 atom stereocenters. The molecule has 0 unspecified atom stereocenters. The van der Waals surface area contributed by atoms with Gasteiger partial charge in [-0.05, 0) is 72.4 Å². The number of amides is 1. The zero-order chi connectivity index (χ0) is 25.9. The summed E-state index contributed by atoms with van der Waals surface area (Å²) < 4.78 is 41.9. The number of carbonyl (C=O) groups excluding carboxylic acids is 1. The second-order valence-corrected chi connectivity index (χ2v) is 12.7. The largest absolute Gasteiger partial charge is 0.348 e. The number of piperidine rings is 1. The fourth-order valence-electron chi connectivity index (χ4n) is 4.43. The highest BCUT2D eigenvalue weighted by Gasteiger charge is 2.32. The van der Waals surface area contributed by atoms with E-state index < -0.39 is 15.9 Å². The number of carbonyl (C=O) groups is 1. The number of rotatable bonds is 7. The normalized spacial score (nSPS) is 18.7. The second-order valence-electron chi connectivity index (χ2n) is 9.26. The molecular formula is C27H28ClFN2O3S2. The Morgan fingerprint density at radius 3 is 2.39 bits per heavy atom. The molecule has 1 aliphatic rings. The van der Waals surface area contributed by atoms with Crippen molar-refractivity contribution in [1.29, 1.82) is 0 Å². The standard InChI is InChI=1S/C27H28ClFN2O3S2/c1-18-13-19(2)17-31(16-18)36(33,34)23-11-12-26(35-22-9-7-21(29)8-10-22)24(14-23)27(32)30-15-20-5-3-4-6-25(20)28/h3-12,14,18-19H,13,15-17H2,1-2H3,(H,30,32)/t18-,19-/m1/s1. The van der Waals surface area contributed by atoms with E-state index in [-0.39, 0.29) is 34.7 Å². The first-order valence-electron chi connectivity index (χ1n) is 11.7. The summed E-state index contributed by atoms with van der Waals surface area (Å²) in [7, 11) is -3.78. The topological polar surface area (TPSA) is 66.5 Å². The smallest absolute Gasteiger partial charge is 0.252 e. The molecular weight excluding hydrogens is 519 g/mol. The Morgan fingerprint density at radius 2 is 1.72 bits per heavy atom. The minimum Gasteiger partial charge on any atom is -0.348 e. The van der Waals surface area contributed by atoms with Gasteiger partial charge in [0.2, 0.25) is 10.0 Å². The summed E-state index contributed by atoms with van der Waals surface area (Å²) in [4.78, 5) is 14.7. The maximum absolute atomic E-state index is 13.5. The molecule has 36 heavy (non-hydrogen) atoms. The van der Waals surface area contributed by atoms with Crippen molar-refractivity contribution in [2.75, 3.05) is 13.1 Å². The van der Waals surface area contributed by atoms with Gasteiger partial charge in [0.15, 0.2) is 0 Å². The van der Waals surface area contributed by atoms with Gasteiger partial charge >= 0.3 is 0 Å². The van der Waals surface area contributed by atoms with Gasteiger partial charge in [-0.25, -0.2) is 12.8 Å². The molecule has 1 saturated heterocycles. The van der Waals surface area contributed by atoms with Crippen molar-refractivity contribution in [3.8, 4) is 0 Å². The van der Waals surface area contributed by atoms with Crippen LogP contribution in [0.15, 0.2) is 81.4 Å². The van der Waals surface area contributed by atoms with E-state index in [2.05, 4.69) is 5.32 Å². The van der Waals surface area contributed by atoms with Crippen LogP contribution < -0.4 is 5.32 Å². The molecule has 0 aliphatic carbocycles. The average Bonchev–Trinajstić information content (AvgIpc) is 2.84. The third-order valence-electron chi connectivity index (χ3n) is 6.11. The van der Waals surface area contributed by atoms with Crippen LogP contribution in [0.4, 0.5) is 4.39 Å². The van der Waals surface area contributed by atoms with Gasteiger partial charge in [-0.3, -0.25) is 4.79 Å². The fourth-order valence-corrected chi connectivity index (χ4v) is 7.26.